The number of likely N-dealkylation sites (N-methyl/N-ethyl adjacent to an activating group) is 1. The summed E-state index contributed by atoms with van der Waals surface area (Å²) in [6, 6.07) is 17.4. The Labute approximate surface area is 227 Å². The molecule has 0 amide bonds. The summed E-state index contributed by atoms with van der Waals surface area (Å²) < 4.78 is 4.41. The Morgan fingerprint density at radius 1 is 1.00 bits per heavy atom. The van der Waals surface area contributed by atoms with Crippen molar-refractivity contribution in [3.63, 3.8) is 0 Å². The van der Waals surface area contributed by atoms with Crippen molar-refractivity contribution in [1.29, 1.82) is 0 Å². The van der Waals surface area contributed by atoms with Crippen molar-refractivity contribution in [2.75, 3.05) is 39.0 Å². The van der Waals surface area contributed by atoms with Gasteiger partial charge in [-0.1, -0.05) is 35.9 Å². The minimum absolute atomic E-state index is 0.433. The van der Waals surface area contributed by atoms with Gasteiger partial charge in [-0.05, 0) is 49.7 Å². The maximum Gasteiger partial charge on any atom is 0.150 e. The summed E-state index contributed by atoms with van der Waals surface area (Å²) in [4.78, 5) is 14.7. The highest BCUT2D eigenvalue weighted by atomic mass is 35.5. The summed E-state index contributed by atoms with van der Waals surface area (Å²) in [5.41, 5.74) is 11.6. The fourth-order valence-electron chi connectivity index (χ4n) is 6.16. The molecule has 0 bridgehead atoms. The average Bonchev–Trinajstić information content (AvgIpc) is 3.48. The van der Waals surface area contributed by atoms with E-state index in [1.165, 1.54) is 5.39 Å². The molecule has 3 aromatic heterocycles. The second-order valence-electron chi connectivity index (χ2n) is 10.8. The van der Waals surface area contributed by atoms with Crippen LogP contribution in [0.25, 0.3) is 27.7 Å². The second-order valence-corrected chi connectivity index (χ2v) is 11.2. The highest BCUT2D eigenvalue weighted by molar-refractivity contribution is 6.31. The summed E-state index contributed by atoms with van der Waals surface area (Å²) in [5, 5.41) is 1.95. The normalized spacial score (nSPS) is 20.8. The van der Waals surface area contributed by atoms with E-state index in [4.69, 9.17) is 22.3 Å². The molecule has 7 nitrogen and oxygen atoms in total. The largest absolute Gasteiger partial charge is 0.382 e. The molecule has 1 saturated carbocycles. The van der Waals surface area contributed by atoms with E-state index in [2.05, 4.69) is 67.3 Å². The molecule has 0 unspecified atom stereocenters. The number of rotatable bonds is 5. The van der Waals surface area contributed by atoms with Crippen LogP contribution in [0.2, 0.25) is 5.02 Å². The van der Waals surface area contributed by atoms with Crippen molar-refractivity contribution in [2.45, 2.75) is 31.3 Å². The molecule has 2 aliphatic rings. The lowest BCUT2D eigenvalue weighted by molar-refractivity contribution is 0.0586. The van der Waals surface area contributed by atoms with Crippen LogP contribution >= 0.6 is 11.6 Å². The fraction of sp³-hybridized carbons (Fsp3) is 0.333. The quantitative estimate of drug-likeness (QED) is 0.344. The number of benzene rings is 2. The molecule has 7 rings (SSSR count). The topological polar surface area (TPSA) is 67.6 Å². The molecule has 2 fully saturated rings. The minimum atomic E-state index is 0.433. The number of hydrogen-bond donors (Lipinski definition) is 1. The molecule has 8 heteroatoms. The van der Waals surface area contributed by atoms with E-state index in [1.807, 2.05) is 24.4 Å². The Kier molecular flexibility index (Phi) is 5.87. The first-order valence-electron chi connectivity index (χ1n) is 13.4. The first-order chi connectivity index (χ1) is 18.5. The van der Waals surface area contributed by atoms with E-state index in [1.54, 1.807) is 6.20 Å². The Bertz CT molecular complexity index is 1620. The Hall–Kier alpha value is -3.39. The van der Waals surface area contributed by atoms with Crippen LogP contribution < -0.4 is 5.73 Å². The van der Waals surface area contributed by atoms with Crippen LogP contribution in [0.1, 0.15) is 30.1 Å². The SMILES string of the molecule is CN1CCN([C@H]2C[C@@H](c3nc(-c4ccc5c(ccn5Cc5ccccc5Cl)c4)c4c(N)nccn43)C2)CC1. The van der Waals surface area contributed by atoms with Crippen molar-refractivity contribution in [3.8, 4) is 11.3 Å². The molecular formula is C30H32ClN7. The van der Waals surface area contributed by atoms with E-state index in [0.29, 0.717) is 17.8 Å². The first kappa shape index (κ1) is 23.7. The van der Waals surface area contributed by atoms with Crippen LogP contribution in [0.15, 0.2) is 67.1 Å². The monoisotopic (exact) mass is 525 g/mol. The molecule has 2 aromatic carbocycles. The lowest BCUT2D eigenvalue weighted by atomic mass is 9.78. The van der Waals surface area contributed by atoms with Gasteiger partial charge in [-0.25, -0.2) is 9.97 Å². The number of halogens is 1. The van der Waals surface area contributed by atoms with E-state index in [9.17, 15) is 0 Å². The molecule has 2 N–H and O–H groups in total. The molecule has 1 aliphatic heterocycles. The van der Waals surface area contributed by atoms with Gasteiger partial charge in [0, 0.05) is 84.8 Å². The predicted octanol–water partition coefficient (Wildman–Crippen LogP) is 5.13. The number of aromatic nitrogens is 4. The molecule has 1 aliphatic carbocycles. The number of anilines is 1. The highest BCUT2D eigenvalue weighted by Gasteiger charge is 2.38. The van der Waals surface area contributed by atoms with Crippen LogP contribution in [0.4, 0.5) is 5.82 Å². The van der Waals surface area contributed by atoms with Crippen molar-refractivity contribution in [1.82, 2.24) is 28.7 Å². The van der Waals surface area contributed by atoms with Gasteiger partial charge in [0.05, 0.1) is 0 Å². The van der Waals surface area contributed by atoms with Gasteiger partial charge in [-0.2, -0.15) is 0 Å². The van der Waals surface area contributed by atoms with Crippen molar-refractivity contribution in [3.05, 3.63) is 83.5 Å². The number of imidazole rings is 1. The molecule has 0 radical (unpaired) electrons. The molecule has 4 heterocycles. The van der Waals surface area contributed by atoms with E-state index < -0.39 is 0 Å². The van der Waals surface area contributed by atoms with Gasteiger partial charge in [-0.15, -0.1) is 0 Å². The zero-order chi connectivity index (χ0) is 25.8. The van der Waals surface area contributed by atoms with Gasteiger partial charge < -0.3 is 15.2 Å². The molecule has 1 saturated heterocycles. The second kappa shape index (κ2) is 9.42. The van der Waals surface area contributed by atoms with Crippen LogP contribution in [-0.2, 0) is 6.54 Å². The zero-order valence-corrected chi connectivity index (χ0v) is 22.3. The Morgan fingerprint density at radius 3 is 2.63 bits per heavy atom. The van der Waals surface area contributed by atoms with Gasteiger partial charge >= 0.3 is 0 Å². The maximum absolute atomic E-state index is 6.44. The van der Waals surface area contributed by atoms with Gasteiger partial charge in [0.1, 0.15) is 22.9 Å². The fourth-order valence-corrected chi connectivity index (χ4v) is 6.35. The van der Waals surface area contributed by atoms with E-state index in [0.717, 1.165) is 84.3 Å². The minimum Gasteiger partial charge on any atom is -0.382 e. The maximum atomic E-state index is 6.44. The Balaban J connectivity index is 1.20. The van der Waals surface area contributed by atoms with Gasteiger partial charge in [0.2, 0.25) is 0 Å². The van der Waals surface area contributed by atoms with Crippen molar-refractivity contribution in [2.24, 2.45) is 0 Å². The average molecular weight is 526 g/mol. The smallest absolute Gasteiger partial charge is 0.150 e. The summed E-state index contributed by atoms with van der Waals surface area (Å²) in [5.74, 6) is 2.06. The van der Waals surface area contributed by atoms with Crippen LogP contribution in [0.3, 0.4) is 0 Å². The third-order valence-corrected chi connectivity index (χ3v) is 8.85. The summed E-state index contributed by atoms with van der Waals surface area (Å²) in [7, 11) is 2.21. The number of fused-ring (bicyclic) bond motifs is 2. The number of nitrogens with zero attached hydrogens (tertiary/aromatic N) is 6. The zero-order valence-electron chi connectivity index (χ0n) is 21.6. The van der Waals surface area contributed by atoms with E-state index in [-0.39, 0.29) is 0 Å². The van der Waals surface area contributed by atoms with Crippen LogP contribution in [-0.4, -0.2) is 68.0 Å². The van der Waals surface area contributed by atoms with Crippen LogP contribution in [0, 0.1) is 0 Å². The Morgan fingerprint density at radius 2 is 1.82 bits per heavy atom. The molecular weight excluding hydrogens is 494 g/mol. The number of nitrogens with two attached hydrogens (primary N) is 1. The molecule has 0 atom stereocenters. The first-order valence-corrected chi connectivity index (χ1v) is 13.8. The third kappa shape index (κ3) is 4.06. The molecule has 0 spiro atoms. The van der Waals surface area contributed by atoms with Gasteiger partial charge in [-0.3, -0.25) is 9.30 Å². The number of hydrogen-bond acceptors (Lipinski definition) is 5. The lowest BCUT2D eigenvalue weighted by Crippen LogP contribution is -2.52. The predicted molar refractivity (Wildman–Crippen MR) is 154 cm³/mol. The summed E-state index contributed by atoms with van der Waals surface area (Å²) >= 11 is 6.43. The van der Waals surface area contributed by atoms with Crippen LogP contribution in [0.5, 0.6) is 0 Å². The van der Waals surface area contributed by atoms with E-state index >= 15 is 0 Å². The van der Waals surface area contributed by atoms with Gasteiger partial charge in [0.15, 0.2) is 0 Å². The molecule has 5 aromatic rings. The summed E-state index contributed by atoms with van der Waals surface area (Å²) in [6.45, 7) is 5.36. The van der Waals surface area contributed by atoms with Crippen molar-refractivity contribution >= 4 is 33.8 Å². The lowest BCUT2D eigenvalue weighted by Gasteiger charge is -2.45. The molecule has 38 heavy (non-hydrogen) atoms. The standard InChI is InChI=1S/C30H32ClN7/c1-35-12-14-36(15-13-35)24-17-23(18-24)30-34-27(28-29(32)33-9-11-38(28)30)21-6-7-26-20(16-21)8-10-37(26)19-22-4-2-3-5-25(22)31/h2-11,16,23-24H,12-15,17-19H2,1H3,(H2,32,33)/t23-,24+. The third-order valence-electron chi connectivity index (χ3n) is 8.49. The summed E-state index contributed by atoms with van der Waals surface area (Å²) in [6.07, 6.45) is 8.21. The number of piperazine rings is 1. The molecule has 194 valence electrons. The highest BCUT2D eigenvalue weighted by Crippen LogP contribution is 2.42. The number of nitrogen functional groups attached to an aromatic ring is 1. The van der Waals surface area contributed by atoms with Crippen molar-refractivity contribution < 1.29 is 0 Å². The van der Waals surface area contributed by atoms with Gasteiger partial charge in [0.25, 0.3) is 0 Å².